The molecule has 0 radical (unpaired) electrons. The van der Waals surface area contributed by atoms with E-state index < -0.39 is 30.1 Å². The van der Waals surface area contributed by atoms with Crippen molar-refractivity contribution in [3.63, 3.8) is 0 Å². The first-order chi connectivity index (χ1) is 12.4. The van der Waals surface area contributed by atoms with E-state index in [2.05, 4.69) is 15.3 Å². The van der Waals surface area contributed by atoms with Crippen LogP contribution in [0.15, 0.2) is 29.2 Å². The molecule has 0 bridgehead atoms. The molecule has 138 valence electrons. The third-order valence-corrected chi connectivity index (χ3v) is 4.10. The largest absolute Gasteiger partial charge is 0.466 e. The molecule has 9 heteroatoms. The average molecular weight is 376 g/mol. The molecule has 2 heterocycles. The molecule has 1 unspecified atom stereocenters. The summed E-state index contributed by atoms with van der Waals surface area (Å²) >= 11 is 1.39. The third kappa shape index (κ3) is 5.09. The number of nitrogens with one attached hydrogen (secondary N) is 1. The van der Waals surface area contributed by atoms with Gasteiger partial charge in [-0.05, 0) is 29.3 Å². The number of amides is 1. The van der Waals surface area contributed by atoms with E-state index in [4.69, 9.17) is 4.74 Å². The van der Waals surface area contributed by atoms with Gasteiger partial charge in [0, 0.05) is 26.5 Å². The maximum absolute atomic E-state index is 12.5. The van der Waals surface area contributed by atoms with Crippen LogP contribution in [0.25, 0.3) is 0 Å². The fourth-order valence-corrected chi connectivity index (χ4v) is 2.82. The van der Waals surface area contributed by atoms with Gasteiger partial charge in [-0.2, -0.15) is 11.3 Å². The van der Waals surface area contributed by atoms with Gasteiger partial charge >= 0.3 is 5.97 Å². The number of thiophene rings is 1. The molecule has 1 amide bonds. The summed E-state index contributed by atoms with van der Waals surface area (Å²) in [7, 11) is 3.57. The molecular formula is C17H20N4O4S. The second-order valence-electron chi connectivity index (χ2n) is 5.58. The normalized spacial score (nSPS) is 11.5. The smallest absolute Gasteiger partial charge is 0.313 e. The van der Waals surface area contributed by atoms with E-state index >= 15 is 0 Å². The predicted molar refractivity (Wildman–Crippen MR) is 97.1 cm³/mol. The number of ether oxygens (including phenoxy) is 1. The second-order valence-corrected chi connectivity index (χ2v) is 6.36. The van der Waals surface area contributed by atoms with Crippen LogP contribution < -0.4 is 10.2 Å². The standard InChI is InChI=1S/C17H20N4O4S/c1-4-25-14(23)7-13(22)15(11-5-6-26-10-11)20-16(24)12-8-18-17(19-9-12)21(2)3/h5-6,8-10,15H,4,7H2,1-3H3,(H,20,24). The molecule has 0 aliphatic rings. The number of nitrogens with zero attached hydrogens (tertiary/aromatic N) is 3. The van der Waals surface area contributed by atoms with Crippen molar-refractivity contribution >= 4 is 34.9 Å². The summed E-state index contributed by atoms with van der Waals surface area (Å²) in [5.41, 5.74) is 0.836. The Balaban J connectivity index is 2.14. The molecule has 0 saturated heterocycles. The Kier molecular flexibility index (Phi) is 6.79. The van der Waals surface area contributed by atoms with Crippen LogP contribution in [-0.4, -0.2) is 48.3 Å². The third-order valence-electron chi connectivity index (χ3n) is 3.40. The Hall–Kier alpha value is -2.81. The Morgan fingerprint density at radius 2 is 1.96 bits per heavy atom. The van der Waals surface area contributed by atoms with Crippen molar-refractivity contribution in [2.75, 3.05) is 25.6 Å². The van der Waals surface area contributed by atoms with Crippen LogP contribution in [0.1, 0.15) is 35.3 Å². The summed E-state index contributed by atoms with van der Waals surface area (Å²) in [6, 6.07) is 0.788. The van der Waals surface area contributed by atoms with Crippen molar-refractivity contribution in [1.29, 1.82) is 0 Å². The highest BCUT2D eigenvalue weighted by atomic mass is 32.1. The molecule has 26 heavy (non-hydrogen) atoms. The van der Waals surface area contributed by atoms with Gasteiger partial charge in [0.1, 0.15) is 12.5 Å². The Morgan fingerprint density at radius 1 is 1.27 bits per heavy atom. The highest BCUT2D eigenvalue weighted by Gasteiger charge is 2.26. The number of esters is 1. The fourth-order valence-electron chi connectivity index (χ4n) is 2.13. The van der Waals surface area contributed by atoms with E-state index in [1.807, 2.05) is 0 Å². The lowest BCUT2D eigenvalue weighted by molar-refractivity contribution is -0.145. The van der Waals surface area contributed by atoms with Gasteiger partial charge in [0.05, 0.1) is 12.2 Å². The number of anilines is 1. The highest BCUT2D eigenvalue weighted by Crippen LogP contribution is 2.20. The maximum atomic E-state index is 12.5. The van der Waals surface area contributed by atoms with E-state index in [9.17, 15) is 14.4 Å². The van der Waals surface area contributed by atoms with Crippen LogP contribution in [0.2, 0.25) is 0 Å². The van der Waals surface area contributed by atoms with Gasteiger partial charge in [-0.1, -0.05) is 0 Å². The Bertz CT molecular complexity index is 760. The van der Waals surface area contributed by atoms with Gasteiger partial charge in [0.25, 0.3) is 5.91 Å². The molecule has 1 N–H and O–H groups in total. The molecule has 2 rings (SSSR count). The molecule has 0 aliphatic carbocycles. The summed E-state index contributed by atoms with van der Waals surface area (Å²) in [5, 5.41) is 6.19. The van der Waals surface area contributed by atoms with Crippen LogP contribution in [0.4, 0.5) is 5.95 Å². The number of aromatic nitrogens is 2. The number of carbonyl (C=O) groups excluding carboxylic acids is 3. The fraction of sp³-hybridized carbons (Fsp3) is 0.353. The molecule has 0 fully saturated rings. The summed E-state index contributed by atoms with van der Waals surface area (Å²) in [6.07, 6.45) is 2.36. The molecule has 0 saturated carbocycles. The zero-order valence-electron chi connectivity index (χ0n) is 14.8. The minimum absolute atomic E-state index is 0.192. The van der Waals surface area contributed by atoms with Crippen molar-refractivity contribution in [2.24, 2.45) is 0 Å². The second kappa shape index (κ2) is 9.04. The number of ketones is 1. The number of hydrogen-bond acceptors (Lipinski definition) is 8. The van der Waals surface area contributed by atoms with Gasteiger partial charge in [0.15, 0.2) is 5.78 Å². The number of Topliss-reactive ketones (excluding diaryl/α,β-unsaturated/α-hetero) is 1. The Morgan fingerprint density at radius 3 is 2.50 bits per heavy atom. The van der Waals surface area contributed by atoms with Crippen LogP contribution in [-0.2, 0) is 14.3 Å². The minimum atomic E-state index is -0.938. The van der Waals surface area contributed by atoms with Crippen LogP contribution in [0, 0.1) is 0 Å². The summed E-state index contributed by atoms with van der Waals surface area (Å²) < 4.78 is 4.81. The van der Waals surface area contributed by atoms with Crippen molar-refractivity contribution in [3.8, 4) is 0 Å². The first-order valence-electron chi connectivity index (χ1n) is 7.93. The van der Waals surface area contributed by atoms with Crippen molar-refractivity contribution in [2.45, 2.75) is 19.4 Å². The van der Waals surface area contributed by atoms with E-state index in [-0.39, 0.29) is 12.2 Å². The number of hydrogen-bond donors (Lipinski definition) is 1. The van der Waals surface area contributed by atoms with Gasteiger partial charge < -0.3 is 15.0 Å². The van der Waals surface area contributed by atoms with Crippen molar-refractivity contribution in [1.82, 2.24) is 15.3 Å². The van der Waals surface area contributed by atoms with E-state index in [0.717, 1.165) is 0 Å². The summed E-state index contributed by atoms with van der Waals surface area (Å²) in [5.74, 6) is -1.09. The van der Waals surface area contributed by atoms with Gasteiger partial charge in [-0.3, -0.25) is 14.4 Å². The van der Waals surface area contributed by atoms with Crippen molar-refractivity contribution < 1.29 is 19.1 Å². The monoisotopic (exact) mass is 376 g/mol. The zero-order chi connectivity index (χ0) is 19.1. The molecule has 2 aromatic rings. The van der Waals surface area contributed by atoms with Gasteiger partial charge in [0.2, 0.25) is 5.95 Å². The lowest BCUT2D eigenvalue weighted by Crippen LogP contribution is -2.35. The van der Waals surface area contributed by atoms with Gasteiger partial charge in [-0.25, -0.2) is 9.97 Å². The average Bonchev–Trinajstić information content (AvgIpc) is 3.13. The molecule has 8 nitrogen and oxygen atoms in total. The van der Waals surface area contributed by atoms with Gasteiger partial charge in [-0.15, -0.1) is 0 Å². The first-order valence-corrected chi connectivity index (χ1v) is 8.87. The molecule has 0 aliphatic heterocycles. The molecule has 0 aromatic carbocycles. The minimum Gasteiger partial charge on any atom is -0.466 e. The quantitative estimate of drug-likeness (QED) is 0.551. The molecule has 1 atom stereocenters. The van der Waals surface area contributed by atoms with E-state index in [0.29, 0.717) is 11.5 Å². The van der Waals surface area contributed by atoms with Crippen LogP contribution in [0.3, 0.4) is 0 Å². The van der Waals surface area contributed by atoms with E-state index in [1.165, 1.54) is 23.7 Å². The summed E-state index contributed by atoms with van der Waals surface area (Å²) in [6.45, 7) is 1.86. The number of carbonyl (C=O) groups is 3. The maximum Gasteiger partial charge on any atom is 0.313 e. The molecule has 2 aromatic heterocycles. The summed E-state index contributed by atoms with van der Waals surface area (Å²) in [4.78, 5) is 46.4. The first kappa shape index (κ1) is 19.5. The van der Waals surface area contributed by atoms with Crippen molar-refractivity contribution in [3.05, 3.63) is 40.3 Å². The molecular weight excluding hydrogens is 356 g/mol. The lowest BCUT2D eigenvalue weighted by atomic mass is 10.0. The van der Waals surface area contributed by atoms with Crippen LogP contribution >= 0.6 is 11.3 Å². The SMILES string of the molecule is CCOC(=O)CC(=O)C(NC(=O)c1cnc(N(C)C)nc1)c1ccsc1. The predicted octanol–water partition coefficient (Wildman–Crippen LogP) is 1.60. The van der Waals surface area contributed by atoms with Crippen LogP contribution in [0.5, 0.6) is 0 Å². The lowest BCUT2D eigenvalue weighted by Gasteiger charge is -2.17. The highest BCUT2D eigenvalue weighted by molar-refractivity contribution is 7.08. The molecule has 0 spiro atoms. The topological polar surface area (TPSA) is 101 Å². The Labute approximate surface area is 155 Å². The zero-order valence-corrected chi connectivity index (χ0v) is 15.6. The number of rotatable bonds is 8. The van der Waals surface area contributed by atoms with E-state index in [1.54, 1.807) is 42.7 Å².